The number of nitrogens with one attached hydrogen (secondary N) is 2. The largest absolute Gasteiger partial charge is 0.387 e. The zero-order valence-corrected chi connectivity index (χ0v) is 15.5. The molecule has 5 N–H and O–H groups in total. The smallest absolute Gasteiger partial charge is 0.230 e. The summed E-state index contributed by atoms with van der Waals surface area (Å²) in [5, 5.41) is 14.9. The predicted molar refractivity (Wildman–Crippen MR) is 113 cm³/mol. The third-order valence-electron chi connectivity index (χ3n) is 3.47. The van der Waals surface area contributed by atoms with E-state index in [-0.39, 0.29) is 33.7 Å². The lowest BCUT2D eigenvalue weighted by molar-refractivity contribution is -0.115. The number of thiazole rings is 1. The van der Waals surface area contributed by atoms with Crippen molar-refractivity contribution in [1.29, 1.82) is 0 Å². The Balaban J connectivity index is 1.82. The number of nitrogens with two attached hydrogens (primary N) is 1. The summed E-state index contributed by atoms with van der Waals surface area (Å²) in [5.41, 5.74) is 5.04. The van der Waals surface area contributed by atoms with Crippen LogP contribution in [0.3, 0.4) is 0 Å². The Morgan fingerprint density at radius 3 is 2.71 bits per heavy atom. The van der Waals surface area contributed by atoms with Crippen LogP contribution in [-0.2, 0) is 17.6 Å². The fraction of sp³-hybridized carbons (Fsp3) is 0.238. The highest BCUT2D eigenvalue weighted by molar-refractivity contribution is 7.13. The standard InChI is InChI=1S/C21H24N4O2S/c22-21-25-18(14-28-21)12-20(27)24-17-8-6-15(7-9-17)10-11-23-13-19(26)16-4-2-1-3-5-16/h1-9,14,19,23,26H,10-13H2,(H2,22,25)(H,24,27)/t19-/m1/s1/i6D,7D,8D,9D,11D2,13D2,14D. The molecule has 3 rings (SSSR count). The zero-order chi connectivity index (χ0) is 27.7. The topological polar surface area (TPSA) is 100 Å². The maximum atomic E-state index is 12.4. The first-order chi connectivity index (χ1) is 17.1. The van der Waals surface area contributed by atoms with Crippen LogP contribution in [0, 0.1) is 0 Å². The minimum Gasteiger partial charge on any atom is -0.387 e. The third-order valence-corrected chi connectivity index (χ3v) is 4.10. The van der Waals surface area contributed by atoms with E-state index in [1.165, 1.54) is 12.1 Å². The Kier molecular flexibility index (Phi) is 4.03. The molecule has 0 radical (unpaired) electrons. The van der Waals surface area contributed by atoms with Crippen molar-refractivity contribution in [1.82, 2.24) is 10.3 Å². The number of nitrogen functional groups attached to an aromatic ring is 1. The quantitative estimate of drug-likeness (QED) is 0.439. The first-order valence-electron chi connectivity index (χ1n) is 12.8. The molecule has 28 heavy (non-hydrogen) atoms. The highest BCUT2D eigenvalue weighted by atomic mass is 32.1. The molecule has 6 nitrogen and oxygen atoms in total. The Morgan fingerprint density at radius 2 is 2.04 bits per heavy atom. The number of hydrogen-bond donors (Lipinski definition) is 4. The molecule has 1 heterocycles. The minimum absolute atomic E-state index is 0.0190. The number of benzene rings is 2. The van der Waals surface area contributed by atoms with E-state index in [2.05, 4.69) is 15.6 Å². The Hall–Kier alpha value is -2.74. The highest BCUT2D eigenvalue weighted by Crippen LogP contribution is 2.14. The molecule has 0 bridgehead atoms. The first-order valence-corrected chi connectivity index (χ1v) is 9.08. The average molecular weight is 406 g/mol. The minimum atomic E-state index is -2.65. The molecule has 0 aliphatic heterocycles. The molecule has 0 saturated heterocycles. The second-order valence-corrected chi connectivity index (χ2v) is 6.44. The van der Waals surface area contributed by atoms with Gasteiger partial charge in [-0.1, -0.05) is 42.4 Å². The summed E-state index contributed by atoms with van der Waals surface area (Å²) in [6.07, 6.45) is -2.88. The van der Waals surface area contributed by atoms with Gasteiger partial charge in [-0.2, -0.15) is 0 Å². The molecular formula is C21H24N4O2S. The number of aliphatic hydroxyl groups is 1. The summed E-state index contributed by atoms with van der Waals surface area (Å²) in [7, 11) is 0. The van der Waals surface area contributed by atoms with E-state index in [1.807, 2.05) is 0 Å². The lowest BCUT2D eigenvalue weighted by atomic mass is 10.1. The Labute approximate surface area is 181 Å². The van der Waals surface area contributed by atoms with Crippen LogP contribution < -0.4 is 16.4 Å². The molecule has 0 spiro atoms. The number of amides is 1. The number of anilines is 2. The van der Waals surface area contributed by atoms with Gasteiger partial charge in [0, 0.05) is 23.0 Å². The molecule has 1 aromatic heterocycles. The van der Waals surface area contributed by atoms with E-state index >= 15 is 0 Å². The number of carbonyl (C=O) groups is 1. The number of carbonyl (C=O) groups excluding carboxylic acids is 1. The van der Waals surface area contributed by atoms with E-state index in [4.69, 9.17) is 18.1 Å². The number of nitrogens with zero attached hydrogens (tertiary/aromatic N) is 1. The van der Waals surface area contributed by atoms with Crippen LogP contribution in [0.15, 0.2) is 59.9 Å². The van der Waals surface area contributed by atoms with E-state index in [9.17, 15) is 9.90 Å². The van der Waals surface area contributed by atoms with Crippen LogP contribution >= 0.6 is 11.3 Å². The first kappa shape index (κ1) is 11.3. The van der Waals surface area contributed by atoms with Crippen molar-refractivity contribution < 1.29 is 22.2 Å². The van der Waals surface area contributed by atoms with E-state index in [0.717, 1.165) is 11.3 Å². The second kappa shape index (κ2) is 9.98. The molecule has 1 atom stereocenters. The molecule has 3 aromatic rings. The van der Waals surface area contributed by atoms with Crippen LogP contribution in [0.2, 0.25) is 0 Å². The van der Waals surface area contributed by atoms with Crippen molar-refractivity contribution in [3.8, 4) is 0 Å². The maximum Gasteiger partial charge on any atom is 0.230 e. The van der Waals surface area contributed by atoms with Crippen LogP contribution in [0.1, 0.15) is 35.3 Å². The Bertz CT molecular complexity index is 1280. The molecule has 0 unspecified atom stereocenters. The molecule has 0 saturated carbocycles. The van der Waals surface area contributed by atoms with Crippen LogP contribution in [-0.4, -0.2) is 29.0 Å². The molecule has 2 aromatic carbocycles. The molecule has 7 heteroatoms. The molecule has 0 aliphatic rings. The van der Waals surface area contributed by atoms with Gasteiger partial charge in [0.2, 0.25) is 5.91 Å². The summed E-state index contributed by atoms with van der Waals surface area (Å²) in [6.45, 7) is -5.24. The predicted octanol–water partition coefficient (Wildman–Crippen LogP) is 2.77. The second-order valence-electron chi connectivity index (χ2n) is 5.62. The highest BCUT2D eigenvalue weighted by Gasteiger charge is 2.08. The average Bonchev–Trinajstić information content (AvgIpc) is 3.13. The Morgan fingerprint density at radius 1 is 1.29 bits per heavy atom. The van der Waals surface area contributed by atoms with E-state index < -0.39 is 61.3 Å². The SMILES string of the molecule is [2H]c1sc(N)nc1CC(=O)Nc1c([2H])c([2H])c(CC([2H])([2H])NC([2H])([2H])[C@@H](O)c2ccccc2)c([2H])c1[2H]. The fourth-order valence-electron chi connectivity index (χ4n) is 2.16. The van der Waals surface area contributed by atoms with Gasteiger partial charge in [0.1, 0.15) is 0 Å². The van der Waals surface area contributed by atoms with Crippen molar-refractivity contribution in [2.45, 2.75) is 18.9 Å². The van der Waals surface area contributed by atoms with E-state index in [0.29, 0.717) is 0 Å². The van der Waals surface area contributed by atoms with Crippen LogP contribution in [0.25, 0.3) is 0 Å². The zero-order valence-electron chi connectivity index (χ0n) is 23.7. The maximum absolute atomic E-state index is 12.4. The van der Waals surface area contributed by atoms with Gasteiger partial charge in [0.25, 0.3) is 0 Å². The van der Waals surface area contributed by atoms with Crippen molar-refractivity contribution >= 4 is 28.1 Å². The number of rotatable bonds is 9. The summed E-state index contributed by atoms with van der Waals surface area (Å²) >= 11 is 0.875. The normalized spacial score (nSPS) is 17.5. The number of aliphatic hydroxyl groups excluding tert-OH is 1. The summed E-state index contributed by atoms with van der Waals surface area (Å²) in [6, 6.07) is 5.31. The summed E-state index contributed by atoms with van der Waals surface area (Å²) in [4.78, 5) is 16.3. The summed E-state index contributed by atoms with van der Waals surface area (Å²) < 4.78 is 73.5. The van der Waals surface area contributed by atoms with E-state index in [1.54, 1.807) is 18.2 Å². The van der Waals surface area contributed by atoms with Crippen molar-refractivity contribution in [2.24, 2.45) is 0 Å². The van der Waals surface area contributed by atoms with Crippen LogP contribution in [0.4, 0.5) is 10.8 Å². The monoisotopic (exact) mass is 405 g/mol. The van der Waals surface area contributed by atoms with Crippen LogP contribution in [0.5, 0.6) is 0 Å². The molecule has 0 aliphatic carbocycles. The lowest BCUT2D eigenvalue weighted by Gasteiger charge is -2.12. The van der Waals surface area contributed by atoms with Crippen molar-refractivity contribution in [2.75, 3.05) is 24.0 Å². The van der Waals surface area contributed by atoms with Gasteiger partial charge in [0.05, 0.1) is 25.1 Å². The number of hydrogen-bond acceptors (Lipinski definition) is 6. The molecule has 1 amide bonds. The van der Waals surface area contributed by atoms with Crippen molar-refractivity contribution in [3.63, 3.8) is 0 Å². The fourth-order valence-corrected chi connectivity index (χ4v) is 2.66. The van der Waals surface area contributed by atoms with Gasteiger partial charge in [-0.3, -0.25) is 4.79 Å². The van der Waals surface area contributed by atoms with Gasteiger partial charge >= 0.3 is 0 Å². The van der Waals surface area contributed by atoms with Gasteiger partial charge in [-0.25, -0.2) is 4.98 Å². The van der Waals surface area contributed by atoms with Gasteiger partial charge < -0.3 is 21.5 Å². The summed E-state index contributed by atoms with van der Waals surface area (Å²) in [5.74, 6) is -0.743. The molecular weight excluding hydrogens is 372 g/mol. The third kappa shape index (κ3) is 6.16. The lowest BCUT2D eigenvalue weighted by Crippen LogP contribution is -2.23. The van der Waals surface area contributed by atoms with Gasteiger partial charge in [-0.15, -0.1) is 11.3 Å². The van der Waals surface area contributed by atoms with Gasteiger partial charge in [-0.05, 0) is 36.1 Å². The molecule has 146 valence electrons. The number of aromatic nitrogens is 1. The van der Waals surface area contributed by atoms with Crippen molar-refractivity contribution in [3.05, 3.63) is 76.7 Å². The van der Waals surface area contributed by atoms with Gasteiger partial charge in [0.15, 0.2) is 5.13 Å². The molecule has 0 fully saturated rings.